The van der Waals surface area contributed by atoms with Crippen LogP contribution >= 0.6 is 0 Å². The van der Waals surface area contributed by atoms with Crippen LogP contribution in [0.15, 0.2) is 18.2 Å². The fraction of sp³-hybridized carbons (Fsp3) is 0.571. The second-order valence-corrected chi connectivity index (χ2v) is 7.59. The Hall–Kier alpha value is -2.37. The first-order chi connectivity index (χ1) is 12.9. The molecule has 2 aliphatic rings. The Kier molecular flexibility index (Phi) is 7.82. The van der Waals surface area contributed by atoms with Gasteiger partial charge in [-0.2, -0.15) is 0 Å². The van der Waals surface area contributed by atoms with Crippen molar-refractivity contribution in [1.82, 2.24) is 10.2 Å². The summed E-state index contributed by atoms with van der Waals surface area (Å²) in [6.07, 6.45) is 8.45. The van der Waals surface area contributed by atoms with E-state index in [1.54, 1.807) is 17.0 Å². The zero-order valence-corrected chi connectivity index (χ0v) is 16.2. The van der Waals surface area contributed by atoms with Crippen molar-refractivity contribution in [3.8, 4) is 5.75 Å². The molecule has 0 bridgehead atoms. The van der Waals surface area contributed by atoms with Gasteiger partial charge < -0.3 is 10.0 Å². The van der Waals surface area contributed by atoms with Gasteiger partial charge >= 0.3 is 0 Å². The van der Waals surface area contributed by atoms with Crippen LogP contribution < -0.4 is 5.32 Å². The molecule has 0 saturated heterocycles. The number of amides is 3. The highest BCUT2D eigenvalue weighted by Crippen LogP contribution is 2.28. The first-order valence-corrected chi connectivity index (χ1v) is 9.78. The van der Waals surface area contributed by atoms with Gasteiger partial charge in [0, 0.05) is 24.6 Å². The van der Waals surface area contributed by atoms with Gasteiger partial charge in [-0.05, 0) is 43.0 Å². The molecule has 1 aromatic rings. The number of nitrogens with zero attached hydrogens (tertiary/aromatic N) is 1. The van der Waals surface area contributed by atoms with Crippen molar-refractivity contribution in [2.75, 3.05) is 0 Å². The van der Waals surface area contributed by atoms with Crippen molar-refractivity contribution in [2.45, 2.75) is 71.4 Å². The second kappa shape index (κ2) is 10.1. The van der Waals surface area contributed by atoms with Crippen LogP contribution in [0.25, 0.3) is 0 Å². The number of rotatable bonds is 5. The van der Waals surface area contributed by atoms with E-state index in [0.29, 0.717) is 24.9 Å². The van der Waals surface area contributed by atoms with E-state index in [-0.39, 0.29) is 30.0 Å². The minimum absolute atomic E-state index is 0.0942. The Bertz CT molecular complexity index is 668. The van der Waals surface area contributed by atoms with Crippen LogP contribution in [0.2, 0.25) is 0 Å². The number of phenolic OH excluding ortho intramolecular Hbond substituents is 1. The Morgan fingerprint density at radius 3 is 2.63 bits per heavy atom. The van der Waals surface area contributed by atoms with Gasteiger partial charge in [-0.25, -0.2) is 0 Å². The molecule has 1 atom stereocenters. The highest BCUT2D eigenvalue weighted by atomic mass is 16.3. The number of benzene rings is 1. The third-order valence-electron chi connectivity index (χ3n) is 5.36. The van der Waals surface area contributed by atoms with E-state index in [0.717, 1.165) is 11.5 Å². The summed E-state index contributed by atoms with van der Waals surface area (Å²) in [7, 11) is 0. The lowest BCUT2D eigenvalue weighted by molar-refractivity contribution is -0.125. The molecule has 1 unspecified atom stereocenters. The quantitative estimate of drug-likeness (QED) is 0.774. The van der Waals surface area contributed by atoms with E-state index < -0.39 is 0 Å². The lowest BCUT2D eigenvalue weighted by Gasteiger charge is -2.23. The number of aromatic hydroxyl groups is 1. The monoisotopic (exact) mass is 374 g/mol. The van der Waals surface area contributed by atoms with Crippen LogP contribution in [-0.4, -0.2) is 34.3 Å². The zero-order chi connectivity index (χ0) is 19.8. The van der Waals surface area contributed by atoms with Crippen LogP contribution in [-0.2, 0) is 16.1 Å². The van der Waals surface area contributed by atoms with E-state index in [2.05, 4.69) is 12.2 Å². The standard InChI is InChI=1S/C14H16N2O4.C7H14/c1-9(2-5-13(19)15-8-17)16-7-10-6-11(18)3-4-12(10)14(16)20;1-7-5-3-2-4-6-7/h3-4,6,8-9,18H,2,5,7H2,1H3,(H,15,17,19);7H,2-6H2,1H3. The molecule has 148 valence electrons. The largest absolute Gasteiger partial charge is 0.508 e. The molecule has 2 N–H and O–H groups in total. The Balaban J connectivity index is 0.000000313. The van der Waals surface area contributed by atoms with Crippen molar-refractivity contribution in [2.24, 2.45) is 5.92 Å². The zero-order valence-electron chi connectivity index (χ0n) is 16.2. The Labute approximate surface area is 160 Å². The van der Waals surface area contributed by atoms with Gasteiger partial charge in [-0.15, -0.1) is 0 Å². The lowest BCUT2D eigenvalue weighted by atomic mass is 9.91. The molecule has 6 nitrogen and oxygen atoms in total. The van der Waals surface area contributed by atoms with Crippen molar-refractivity contribution in [3.05, 3.63) is 29.3 Å². The molecule has 1 aliphatic heterocycles. The van der Waals surface area contributed by atoms with Gasteiger partial charge in [0.2, 0.25) is 12.3 Å². The van der Waals surface area contributed by atoms with Gasteiger partial charge in [0.25, 0.3) is 5.91 Å². The summed E-state index contributed by atoms with van der Waals surface area (Å²) in [6, 6.07) is 4.56. The number of phenols is 1. The maximum absolute atomic E-state index is 12.2. The van der Waals surface area contributed by atoms with E-state index in [4.69, 9.17) is 0 Å². The smallest absolute Gasteiger partial charge is 0.254 e. The Morgan fingerprint density at radius 2 is 2.04 bits per heavy atom. The maximum atomic E-state index is 12.2. The lowest BCUT2D eigenvalue weighted by Crippen LogP contribution is -2.34. The minimum Gasteiger partial charge on any atom is -0.508 e. The molecule has 1 fully saturated rings. The number of hydrogen-bond donors (Lipinski definition) is 2. The van der Waals surface area contributed by atoms with Gasteiger partial charge in [0.15, 0.2) is 0 Å². The van der Waals surface area contributed by atoms with Crippen molar-refractivity contribution >= 4 is 18.2 Å². The predicted octanol–water partition coefficient (Wildman–Crippen LogP) is 3.38. The average molecular weight is 374 g/mol. The fourth-order valence-corrected chi connectivity index (χ4v) is 3.63. The molecular formula is C21H30N2O4. The minimum atomic E-state index is -0.353. The molecule has 0 spiro atoms. The van der Waals surface area contributed by atoms with Crippen LogP contribution in [0.4, 0.5) is 0 Å². The SMILES string of the molecule is CC(CCC(=O)NC=O)N1Cc2cc(O)ccc2C1=O.CC1CCCCC1. The van der Waals surface area contributed by atoms with E-state index in [9.17, 15) is 19.5 Å². The molecule has 1 aromatic carbocycles. The van der Waals surface area contributed by atoms with Crippen molar-refractivity contribution < 1.29 is 19.5 Å². The number of hydrogen-bond acceptors (Lipinski definition) is 4. The van der Waals surface area contributed by atoms with Crippen LogP contribution in [0.3, 0.4) is 0 Å². The molecule has 1 aliphatic carbocycles. The van der Waals surface area contributed by atoms with Crippen LogP contribution in [0.5, 0.6) is 5.75 Å². The summed E-state index contributed by atoms with van der Waals surface area (Å²) >= 11 is 0. The summed E-state index contributed by atoms with van der Waals surface area (Å²) in [5.41, 5.74) is 1.38. The molecular weight excluding hydrogens is 344 g/mol. The molecule has 1 heterocycles. The van der Waals surface area contributed by atoms with Crippen molar-refractivity contribution in [1.29, 1.82) is 0 Å². The number of fused-ring (bicyclic) bond motifs is 1. The number of carbonyl (C=O) groups excluding carboxylic acids is 3. The number of imide groups is 1. The van der Waals surface area contributed by atoms with Gasteiger partial charge in [-0.1, -0.05) is 39.0 Å². The normalized spacial score (nSPS) is 17.6. The van der Waals surface area contributed by atoms with Gasteiger partial charge in [0.05, 0.1) is 0 Å². The molecule has 1 saturated carbocycles. The second-order valence-electron chi connectivity index (χ2n) is 7.59. The van der Waals surface area contributed by atoms with E-state index >= 15 is 0 Å². The molecule has 3 rings (SSSR count). The van der Waals surface area contributed by atoms with Crippen molar-refractivity contribution in [3.63, 3.8) is 0 Å². The summed E-state index contributed by atoms with van der Waals surface area (Å²) in [4.78, 5) is 35.2. The fourth-order valence-electron chi connectivity index (χ4n) is 3.63. The molecule has 27 heavy (non-hydrogen) atoms. The van der Waals surface area contributed by atoms with Gasteiger partial charge in [-0.3, -0.25) is 19.7 Å². The molecule has 6 heteroatoms. The van der Waals surface area contributed by atoms with E-state index in [1.807, 2.05) is 6.92 Å². The topological polar surface area (TPSA) is 86.7 Å². The third-order valence-corrected chi connectivity index (χ3v) is 5.36. The third kappa shape index (κ3) is 6.08. The highest BCUT2D eigenvalue weighted by Gasteiger charge is 2.30. The average Bonchev–Trinajstić information content (AvgIpc) is 2.97. The number of nitrogens with one attached hydrogen (secondary N) is 1. The first kappa shape index (κ1) is 20.9. The van der Waals surface area contributed by atoms with Crippen LogP contribution in [0, 0.1) is 5.92 Å². The molecule has 0 radical (unpaired) electrons. The summed E-state index contributed by atoms with van der Waals surface area (Å²) in [6.45, 7) is 4.65. The van der Waals surface area contributed by atoms with Crippen LogP contribution in [0.1, 0.15) is 74.7 Å². The maximum Gasteiger partial charge on any atom is 0.254 e. The summed E-state index contributed by atoms with van der Waals surface area (Å²) < 4.78 is 0. The summed E-state index contributed by atoms with van der Waals surface area (Å²) in [5.74, 6) is 0.724. The Morgan fingerprint density at radius 1 is 1.33 bits per heavy atom. The predicted molar refractivity (Wildman–Crippen MR) is 103 cm³/mol. The summed E-state index contributed by atoms with van der Waals surface area (Å²) in [5, 5.41) is 11.5. The first-order valence-electron chi connectivity index (χ1n) is 9.78. The molecule has 0 aromatic heterocycles. The highest BCUT2D eigenvalue weighted by molar-refractivity contribution is 5.98. The number of carbonyl (C=O) groups is 3. The van der Waals surface area contributed by atoms with Gasteiger partial charge in [0.1, 0.15) is 5.75 Å². The van der Waals surface area contributed by atoms with E-state index in [1.165, 1.54) is 38.2 Å². The molecule has 3 amide bonds.